The van der Waals surface area contributed by atoms with Gasteiger partial charge in [-0.3, -0.25) is 4.99 Å². The molecule has 1 fully saturated rings. The number of methoxy groups -OCH3 is 2. The molecular formula is C19H31N3O4. The predicted molar refractivity (Wildman–Crippen MR) is 102 cm³/mol. The molecule has 1 aliphatic rings. The predicted octanol–water partition coefficient (Wildman–Crippen LogP) is 1.81. The quantitative estimate of drug-likeness (QED) is 0.374. The van der Waals surface area contributed by atoms with E-state index in [-0.39, 0.29) is 0 Å². The van der Waals surface area contributed by atoms with Crippen LogP contribution in [0.5, 0.6) is 11.5 Å². The lowest BCUT2D eigenvalue weighted by Gasteiger charge is -2.14. The Morgan fingerprint density at radius 1 is 1.27 bits per heavy atom. The Balaban J connectivity index is 1.64. The van der Waals surface area contributed by atoms with Gasteiger partial charge in [-0.25, -0.2) is 0 Å². The van der Waals surface area contributed by atoms with E-state index in [1.807, 2.05) is 18.2 Å². The monoisotopic (exact) mass is 365 g/mol. The average Bonchev–Trinajstić information content (AvgIpc) is 3.20. The topological polar surface area (TPSA) is 73.3 Å². The van der Waals surface area contributed by atoms with Crippen molar-refractivity contribution in [1.82, 2.24) is 10.6 Å². The summed E-state index contributed by atoms with van der Waals surface area (Å²) in [6.07, 6.45) is 2.05. The highest BCUT2D eigenvalue weighted by molar-refractivity contribution is 5.79. The van der Waals surface area contributed by atoms with Crippen LogP contribution in [0, 0.1) is 5.92 Å². The number of nitrogens with one attached hydrogen (secondary N) is 2. The van der Waals surface area contributed by atoms with Gasteiger partial charge in [0, 0.05) is 50.9 Å². The Morgan fingerprint density at radius 3 is 2.85 bits per heavy atom. The van der Waals surface area contributed by atoms with Crippen molar-refractivity contribution < 1.29 is 18.9 Å². The smallest absolute Gasteiger partial charge is 0.191 e. The van der Waals surface area contributed by atoms with Crippen LogP contribution in [0.4, 0.5) is 0 Å². The van der Waals surface area contributed by atoms with Crippen LogP contribution in [0.2, 0.25) is 0 Å². The van der Waals surface area contributed by atoms with Crippen LogP contribution in [0.3, 0.4) is 0 Å². The molecule has 1 unspecified atom stereocenters. The molecule has 26 heavy (non-hydrogen) atoms. The fraction of sp³-hybridized carbons (Fsp3) is 0.632. The Bertz CT molecular complexity index is 560. The summed E-state index contributed by atoms with van der Waals surface area (Å²) in [6, 6.07) is 5.78. The summed E-state index contributed by atoms with van der Waals surface area (Å²) in [7, 11) is 5.06. The lowest BCUT2D eigenvalue weighted by Crippen LogP contribution is -2.37. The molecule has 0 radical (unpaired) electrons. The Kier molecular flexibility index (Phi) is 9.06. The van der Waals surface area contributed by atoms with Crippen LogP contribution in [-0.2, 0) is 16.0 Å². The summed E-state index contributed by atoms with van der Waals surface area (Å²) < 4.78 is 21.7. The second-order valence-corrected chi connectivity index (χ2v) is 6.19. The maximum atomic E-state index is 5.71. The van der Waals surface area contributed by atoms with Crippen molar-refractivity contribution in [3.63, 3.8) is 0 Å². The molecule has 0 aromatic heterocycles. The first-order chi connectivity index (χ1) is 12.8. The number of benzene rings is 1. The standard InChI is InChI=1S/C19H31N3O4/c1-20-19(21-8-4-9-25-13-15-7-10-26-14-15)22-12-16-5-6-17(23-2)11-18(16)24-3/h5-6,11,15H,4,7-10,12-14H2,1-3H3,(H2,20,21,22). The summed E-state index contributed by atoms with van der Waals surface area (Å²) in [5.74, 6) is 2.89. The highest BCUT2D eigenvalue weighted by atomic mass is 16.5. The third kappa shape index (κ3) is 6.72. The number of hydrogen-bond donors (Lipinski definition) is 2. The maximum absolute atomic E-state index is 5.71. The fourth-order valence-corrected chi connectivity index (χ4v) is 2.74. The summed E-state index contributed by atoms with van der Waals surface area (Å²) in [6.45, 7) is 4.67. The summed E-state index contributed by atoms with van der Waals surface area (Å²) >= 11 is 0. The zero-order valence-electron chi connectivity index (χ0n) is 16.0. The van der Waals surface area contributed by atoms with E-state index in [4.69, 9.17) is 18.9 Å². The molecule has 0 amide bonds. The van der Waals surface area contributed by atoms with Gasteiger partial charge in [-0.1, -0.05) is 0 Å². The lowest BCUT2D eigenvalue weighted by molar-refractivity contribution is 0.0888. The summed E-state index contributed by atoms with van der Waals surface area (Å²) in [5, 5.41) is 6.59. The number of rotatable bonds is 10. The van der Waals surface area contributed by atoms with Crippen LogP contribution >= 0.6 is 0 Å². The van der Waals surface area contributed by atoms with Crippen molar-refractivity contribution in [2.24, 2.45) is 10.9 Å². The van der Waals surface area contributed by atoms with Crippen LogP contribution in [0.15, 0.2) is 23.2 Å². The van der Waals surface area contributed by atoms with E-state index >= 15 is 0 Å². The van der Waals surface area contributed by atoms with Crippen molar-refractivity contribution in [2.45, 2.75) is 19.4 Å². The van der Waals surface area contributed by atoms with Gasteiger partial charge in [-0.2, -0.15) is 0 Å². The number of nitrogens with zero attached hydrogens (tertiary/aromatic N) is 1. The fourth-order valence-electron chi connectivity index (χ4n) is 2.74. The number of guanidine groups is 1. The van der Waals surface area contributed by atoms with Crippen molar-refractivity contribution in [3.05, 3.63) is 23.8 Å². The van der Waals surface area contributed by atoms with Gasteiger partial charge >= 0.3 is 0 Å². The van der Waals surface area contributed by atoms with E-state index in [0.29, 0.717) is 12.5 Å². The second-order valence-electron chi connectivity index (χ2n) is 6.19. The normalized spacial score (nSPS) is 17.2. The molecule has 1 saturated heterocycles. The molecular weight excluding hydrogens is 334 g/mol. The molecule has 1 heterocycles. The average molecular weight is 365 g/mol. The maximum Gasteiger partial charge on any atom is 0.191 e. The van der Waals surface area contributed by atoms with Gasteiger partial charge in [0.15, 0.2) is 5.96 Å². The first kappa shape index (κ1) is 20.3. The summed E-state index contributed by atoms with van der Waals surface area (Å²) in [4.78, 5) is 4.24. The van der Waals surface area contributed by atoms with Gasteiger partial charge in [-0.05, 0) is 25.0 Å². The molecule has 2 rings (SSSR count). The number of aliphatic imine (C=N–C) groups is 1. The number of ether oxygens (including phenoxy) is 4. The zero-order chi connectivity index (χ0) is 18.6. The van der Waals surface area contributed by atoms with E-state index in [9.17, 15) is 0 Å². The minimum atomic E-state index is 0.567. The molecule has 0 spiro atoms. The minimum absolute atomic E-state index is 0.567. The lowest BCUT2D eigenvalue weighted by atomic mass is 10.1. The molecule has 0 bridgehead atoms. The molecule has 0 aliphatic carbocycles. The van der Waals surface area contributed by atoms with Crippen LogP contribution in [0.1, 0.15) is 18.4 Å². The highest BCUT2D eigenvalue weighted by Gasteiger charge is 2.15. The Labute approximate surface area is 156 Å². The van der Waals surface area contributed by atoms with Gasteiger partial charge in [0.1, 0.15) is 11.5 Å². The van der Waals surface area contributed by atoms with E-state index in [2.05, 4.69) is 15.6 Å². The van der Waals surface area contributed by atoms with E-state index in [1.165, 1.54) is 0 Å². The van der Waals surface area contributed by atoms with Crippen LogP contribution in [-0.4, -0.2) is 60.2 Å². The second kappa shape index (κ2) is 11.6. The molecule has 1 aromatic rings. The molecule has 1 atom stereocenters. The van der Waals surface area contributed by atoms with Crippen molar-refractivity contribution in [2.75, 3.05) is 54.2 Å². The Hall–Kier alpha value is -1.99. The largest absolute Gasteiger partial charge is 0.497 e. The van der Waals surface area contributed by atoms with E-state index in [1.54, 1.807) is 21.3 Å². The van der Waals surface area contributed by atoms with Crippen LogP contribution < -0.4 is 20.1 Å². The first-order valence-corrected chi connectivity index (χ1v) is 9.07. The first-order valence-electron chi connectivity index (χ1n) is 9.07. The molecule has 7 heteroatoms. The molecule has 2 N–H and O–H groups in total. The van der Waals surface area contributed by atoms with Crippen LogP contribution in [0.25, 0.3) is 0 Å². The zero-order valence-corrected chi connectivity index (χ0v) is 16.0. The molecule has 0 saturated carbocycles. The van der Waals surface area contributed by atoms with E-state index in [0.717, 1.165) is 68.8 Å². The molecule has 7 nitrogen and oxygen atoms in total. The van der Waals surface area contributed by atoms with Crippen molar-refractivity contribution >= 4 is 5.96 Å². The highest BCUT2D eigenvalue weighted by Crippen LogP contribution is 2.24. The van der Waals surface area contributed by atoms with Gasteiger partial charge in [0.05, 0.1) is 27.4 Å². The van der Waals surface area contributed by atoms with Gasteiger partial charge in [0.2, 0.25) is 0 Å². The Morgan fingerprint density at radius 2 is 2.15 bits per heavy atom. The molecule has 1 aliphatic heterocycles. The van der Waals surface area contributed by atoms with E-state index < -0.39 is 0 Å². The third-order valence-corrected chi connectivity index (χ3v) is 4.30. The minimum Gasteiger partial charge on any atom is -0.497 e. The van der Waals surface area contributed by atoms with Crippen molar-refractivity contribution in [1.29, 1.82) is 0 Å². The van der Waals surface area contributed by atoms with Crippen molar-refractivity contribution in [3.8, 4) is 11.5 Å². The molecule has 1 aromatic carbocycles. The van der Waals surface area contributed by atoms with Gasteiger partial charge in [0.25, 0.3) is 0 Å². The number of hydrogen-bond acceptors (Lipinski definition) is 5. The molecule has 146 valence electrons. The SMILES string of the molecule is CN=C(NCCCOCC1CCOC1)NCc1ccc(OC)cc1OC. The van der Waals surface area contributed by atoms with Gasteiger partial charge < -0.3 is 29.6 Å². The van der Waals surface area contributed by atoms with Gasteiger partial charge in [-0.15, -0.1) is 0 Å². The third-order valence-electron chi connectivity index (χ3n) is 4.30. The summed E-state index contributed by atoms with van der Waals surface area (Å²) in [5.41, 5.74) is 1.04.